The topological polar surface area (TPSA) is 61.0 Å². The third-order valence-electron chi connectivity index (χ3n) is 1.11. The van der Waals surface area contributed by atoms with E-state index in [0.29, 0.717) is 11.7 Å². The van der Waals surface area contributed by atoms with E-state index < -0.39 is 0 Å². The number of rotatable bonds is 2. The van der Waals surface area contributed by atoms with E-state index in [1.54, 1.807) is 0 Å². The van der Waals surface area contributed by atoms with E-state index in [-0.39, 0.29) is 5.60 Å². The zero-order valence-corrected chi connectivity index (χ0v) is 8.31. The van der Waals surface area contributed by atoms with Crippen LogP contribution in [0.1, 0.15) is 25.8 Å². The molecule has 0 fully saturated rings. The number of anilines is 1. The number of hydrogen-bond donors (Lipinski definition) is 1. The van der Waals surface area contributed by atoms with Gasteiger partial charge < -0.3 is 10.5 Å². The molecule has 0 aromatic carbocycles. The summed E-state index contributed by atoms with van der Waals surface area (Å²) in [5.41, 5.74) is 5.27. The largest absolute Gasteiger partial charge is 0.374 e. The van der Waals surface area contributed by atoms with Crippen LogP contribution in [0.4, 0.5) is 5.13 Å². The van der Waals surface area contributed by atoms with E-state index in [0.717, 1.165) is 5.01 Å². The van der Waals surface area contributed by atoms with Crippen LogP contribution in [0.15, 0.2) is 0 Å². The van der Waals surface area contributed by atoms with Crippen LogP contribution in [0.3, 0.4) is 0 Å². The predicted molar refractivity (Wildman–Crippen MR) is 48.9 cm³/mol. The summed E-state index contributed by atoms with van der Waals surface area (Å²) in [5.74, 6) is 0. The normalized spacial score (nSPS) is 11.9. The Morgan fingerprint density at radius 2 is 2.08 bits per heavy atom. The lowest BCUT2D eigenvalue weighted by atomic mass is 10.2. The van der Waals surface area contributed by atoms with Crippen molar-refractivity contribution in [2.24, 2.45) is 0 Å². The molecule has 0 amide bonds. The Bertz CT molecular complexity index is 253. The van der Waals surface area contributed by atoms with Crippen LogP contribution in [0.5, 0.6) is 0 Å². The van der Waals surface area contributed by atoms with Crippen LogP contribution >= 0.6 is 11.3 Å². The highest BCUT2D eigenvalue weighted by Gasteiger charge is 2.11. The Kier molecular flexibility index (Phi) is 2.64. The van der Waals surface area contributed by atoms with Gasteiger partial charge in [-0.3, -0.25) is 0 Å². The molecular weight excluding hydrogens is 174 g/mol. The number of nitrogen functional groups attached to an aromatic ring is 1. The van der Waals surface area contributed by atoms with Crippen LogP contribution in [-0.2, 0) is 11.3 Å². The van der Waals surface area contributed by atoms with Gasteiger partial charge in [-0.1, -0.05) is 11.3 Å². The second-order valence-corrected chi connectivity index (χ2v) is 4.53. The molecule has 1 heterocycles. The highest BCUT2D eigenvalue weighted by molar-refractivity contribution is 7.15. The molecule has 68 valence electrons. The summed E-state index contributed by atoms with van der Waals surface area (Å²) in [6, 6.07) is 0. The van der Waals surface area contributed by atoms with Crippen molar-refractivity contribution in [2.75, 3.05) is 5.73 Å². The minimum atomic E-state index is -0.138. The van der Waals surface area contributed by atoms with Gasteiger partial charge in [-0.15, -0.1) is 10.2 Å². The van der Waals surface area contributed by atoms with E-state index in [1.807, 2.05) is 20.8 Å². The fourth-order valence-electron chi connectivity index (χ4n) is 0.603. The molecule has 0 unspecified atom stereocenters. The van der Waals surface area contributed by atoms with Gasteiger partial charge >= 0.3 is 0 Å². The second-order valence-electron chi connectivity index (χ2n) is 3.44. The lowest BCUT2D eigenvalue weighted by Crippen LogP contribution is -2.18. The van der Waals surface area contributed by atoms with Crippen molar-refractivity contribution in [3.63, 3.8) is 0 Å². The summed E-state index contributed by atoms with van der Waals surface area (Å²) < 4.78 is 5.48. The van der Waals surface area contributed by atoms with Gasteiger partial charge in [0.15, 0.2) is 0 Å². The Hall–Kier alpha value is -0.680. The predicted octanol–water partition coefficient (Wildman–Crippen LogP) is 1.44. The van der Waals surface area contributed by atoms with Crippen molar-refractivity contribution in [3.8, 4) is 0 Å². The molecule has 12 heavy (non-hydrogen) atoms. The molecule has 1 aromatic rings. The van der Waals surface area contributed by atoms with E-state index in [4.69, 9.17) is 10.5 Å². The highest BCUT2D eigenvalue weighted by Crippen LogP contribution is 2.15. The smallest absolute Gasteiger partial charge is 0.203 e. The average Bonchev–Trinajstić information content (AvgIpc) is 2.30. The molecule has 0 saturated carbocycles. The Balaban J connectivity index is 2.44. The monoisotopic (exact) mass is 187 g/mol. The van der Waals surface area contributed by atoms with Gasteiger partial charge in [0.2, 0.25) is 5.13 Å². The van der Waals surface area contributed by atoms with Crippen LogP contribution in [0.2, 0.25) is 0 Å². The van der Waals surface area contributed by atoms with Crippen molar-refractivity contribution < 1.29 is 4.74 Å². The van der Waals surface area contributed by atoms with Gasteiger partial charge in [0.05, 0.1) is 5.60 Å². The van der Waals surface area contributed by atoms with Gasteiger partial charge in [-0.05, 0) is 20.8 Å². The molecular formula is C7H13N3OS. The second kappa shape index (κ2) is 3.37. The third-order valence-corrected chi connectivity index (χ3v) is 1.84. The molecule has 0 atom stereocenters. The first kappa shape index (κ1) is 9.41. The molecule has 0 spiro atoms. The Morgan fingerprint density at radius 1 is 1.42 bits per heavy atom. The van der Waals surface area contributed by atoms with E-state index in [1.165, 1.54) is 11.3 Å². The molecule has 0 saturated heterocycles. The zero-order chi connectivity index (χ0) is 9.19. The van der Waals surface area contributed by atoms with Gasteiger partial charge in [0.1, 0.15) is 11.6 Å². The number of hydrogen-bond acceptors (Lipinski definition) is 5. The number of aromatic nitrogens is 2. The van der Waals surface area contributed by atoms with Crippen LogP contribution < -0.4 is 5.73 Å². The molecule has 2 N–H and O–H groups in total. The molecule has 0 aliphatic carbocycles. The third kappa shape index (κ3) is 3.15. The lowest BCUT2D eigenvalue weighted by Gasteiger charge is -2.17. The fraction of sp³-hybridized carbons (Fsp3) is 0.714. The molecule has 5 heteroatoms. The minimum absolute atomic E-state index is 0.138. The van der Waals surface area contributed by atoms with E-state index in [9.17, 15) is 0 Å². The summed E-state index contributed by atoms with van der Waals surface area (Å²) in [5, 5.41) is 8.83. The van der Waals surface area contributed by atoms with Crippen molar-refractivity contribution in [1.82, 2.24) is 10.2 Å². The van der Waals surface area contributed by atoms with Crippen molar-refractivity contribution in [3.05, 3.63) is 5.01 Å². The summed E-state index contributed by atoms with van der Waals surface area (Å²) >= 11 is 1.36. The van der Waals surface area contributed by atoms with Gasteiger partial charge in [-0.2, -0.15) is 0 Å². The highest BCUT2D eigenvalue weighted by atomic mass is 32.1. The first-order valence-corrected chi connectivity index (χ1v) is 4.51. The standard InChI is InChI=1S/C7H13N3OS/c1-7(2,3)11-4-5-9-10-6(8)12-5/h4H2,1-3H3,(H2,8,10). The molecule has 0 bridgehead atoms. The first-order chi connectivity index (χ1) is 5.47. The van der Waals surface area contributed by atoms with Crippen molar-refractivity contribution in [2.45, 2.75) is 33.0 Å². The Morgan fingerprint density at radius 3 is 2.50 bits per heavy atom. The molecule has 0 aliphatic rings. The molecule has 1 rings (SSSR count). The van der Waals surface area contributed by atoms with E-state index >= 15 is 0 Å². The van der Waals surface area contributed by atoms with Gasteiger partial charge in [-0.25, -0.2) is 0 Å². The molecule has 1 aromatic heterocycles. The van der Waals surface area contributed by atoms with Crippen molar-refractivity contribution in [1.29, 1.82) is 0 Å². The first-order valence-electron chi connectivity index (χ1n) is 3.69. The maximum atomic E-state index is 5.48. The minimum Gasteiger partial charge on any atom is -0.374 e. The van der Waals surface area contributed by atoms with Crippen LogP contribution in [0, 0.1) is 0 Å². The van der Waals surface area contributed by atoms with Gasteiger partial charge in [0, 0.05) is 0 Å². The maximum Gasteiger partial charge on any atom is 0.203 e. The number of ether oxygens (including phenoxy) is 1. The quantitative estimate of drug-likeness (QED) is 0.761. The Labute approximate surface area is 75.8 Å². The lowest BCUT2D eigenvalue weighted by molar-refractivity contribution is -0.0152. The average molecular weight is 187 g/mol. The SMILES string of the molecule is CC(C)(C)OCc1nnc(N)s1. The van der Waals surface area contributed by atoms with Crippen LogP contribution in [0.25, 0.3) is 0 Å². The number of nitrogens with zero attached hydrogens (tertiary/aromatic N) is 2. The van der Waals surface area contributed by atoms with E-state index in [2.05, 4.69) is 10.2 Å². The van der Waals surface area contributed by atoms with Crippen molar-refractivity contribution >= 4 is 16.5 Å². The summed E-state index contributed by atoms with van der Waals surface area (Å²) in [6.45, 7) is 6.48. The number of nitrogens with two attached hydrogens (primary N) is 1. The maximum absolute atomic E-state index is 5.48. The molecule has 0 aliphatic heterocycles. The summed E-state index contributed by atoms with van der Waals surface area (Å²) in [7, 11) is 0. The zero-order valence-electron chi connectivity index (χ0n) is 7.50. The van der Waals surface area contributed by atoms with Gasteiger partial charge in [0.25, 0.3) is 0 Å². The summed E-state index contributed by atoms with van der Waals surface area (Å²) in [6.07, 6.45) is 0. The fourth-order valence-corrected chi connectivity index (χ4v) is 1.13. The molecule has 4 nitrogen and oxygen atoms in total. The summed E-state index contributed by atoms with van der Waals surface area (Å²) in [4.78, 5) is 0. The van der Waals surface area contributed by atoms with Crippen LogP contribution in [-0.4, -0.2) is 15.8 Å². The molecule has 0 radical (unpaired) electrons.